The van der Waals surface area contributed by atoms with Gasteiger partial charge in [-0.1, -0.05) is 0 Å². The van der Waals surface area contributed by atoms with E-state index in [1.54, 1.807) is 6.33 Å². The van der Waals surface area contributed by atoms with Crippen molar-refractivity contribution in [3.8, 4) is 0 Å². The number of carbonyl (C=O) groups excluding carboxylic acids is 1. The number of aryl methyl sites for hydroxylation is 1. The second kappa shape index (κ2) is 5.56. The summed E-state index contributed by atoms with van der Waals surface area (Å²) in [5.74, 6) is 0.451. The summed E-state index contributed by atoms with van der Waals surface area (Å²) >= 11 is 0. The molecule has 2 aliphatic rings. The maximum absolute atomic E-state index is 12.7. The minimum atomic E-state index is 0.132. The van der Waals surface area contributed by atoms with E-state index in [0.717, 1.165) is 56.6 Å². The van der Waals surface area contributed by atoms with Crippen LogP contribution in [0.25, 0.3) is 0 Å². The second-order valence-corrected chi connectivity index (χ2v) is 6.25. The molecule has 0 spiro atoms. The summed E-state index contributed by atoms with van der Waals surface area (Å²) in [7, 11) is 4.14. The molecule has 1 aromatic rings. The van der Waals surface area contributed by atoms with Crippen LogP contribution in [0.5, 0.6) is 0 Å². The van der Waals surface area contributed by atoms with Gasteiger partial charge in [-0.3, -0.25) is 4.79 Å². The highest BCUT2D eigenvalue weighted by Gasteiger charge is 2.31. The first kappa shape index (κ1) is 13.6. The van der Waals surface area contributed by atoms with E-state index < -0.39 is 0 Å². The molecule has 1 fully saturated rings. The predicted octanol–water partition coefficient (Wildman–Crippen LogP) is 1.07. The lowest BCUT2D eigenvalue weighted by atomic mass is 9.88. The summed E-state index contributed by atoms with van der Waals surface area (Å²) in [6.45, 7) is 2.19. The van der Waals surface area contributed by atoms with Crippen LogP contribution in [0.3, 0.4) is 0 Å². The van der Waals surface area contributed by atoms with Gasteiger partial charge in [-0.25, -0.2) is 4.98 Å². The first-order chi connectivity index (χ1) is 9.65. The first-order valence-corrected chi connectivity index (χ1v) is 7.61. The number of aromatic nitrogens is 2. The molecule has 20 heavy (non-hydrogen) atoms. The Morgan fingerprint density at radius 1 is 1.40 bits per heavy atom. The molecular weight excluding hydrogens is 252 g/mol. The number of hydrogen-bond donors (Lipinski definition) is 1. The molecule has 110 valence electrons. The molecule has 1 unspecified atom stereocenters. The van der Waals surface area contributed by atoms with E-state index in [9.17, 15) is 4.79 Å². The highest BCUT2D eigenvalue weighted by molar-refractivity contribution is 5.79. The molecule has 3 rings (SSSR count). The Balaban J connectivity index is 1.61. The van der Waals surface area contributed by atoms with Gasteiger partial charge in [0.1, 0.15) is 0 Å². The molecule has 1 atom stereocenters. The third-order valence-electron chi connectivity index (χ3n) is 4.92. The van der Waals surface area contributed by atoms with Crippen molar-refractivity contribution in [2.45, 2.75) is 38.1 Å². The molecule has 0 aromatic carbocycles. The fourth-order valence-electron chi connectivity index (χ4n) is 3.46. The maximum atomic E-state index is 12.7. The quantitative estimate of drug-likeness (QED) is 0.879. The minimum absolute atomic E-state index is 0.132. The van der Waals surface area contributed by atoms with E-state index in [2.05, 4.69) is 21.9 Å². The molecule has 0 saturated carbocycles. The Morgan fingerprint density at radius 2 is 2.15 bits per heavy atom. The van der Waals surface area contributed by atoms with Crippen molar-refractivity contribution >= 4 is 5.91 Å². The fourth-order valence-corrected chi connectivity index (χ4v) is 3.46. The highest BCUT2D eigenvalue weighted by Crippen LogP contribution is 2.26. The average Bonchev–Trinajstić information content (AvgIpc) is 2.94. The lowest BCUT2D eigenvalue weighted by Gasteiger charge is -2.37. The smallest absolute Gasteiger partial charge is 0.226 e. The van der Waals surface area contributed by atoms with Crippen molar-refractivity contribution in [2.24, 2.45) is 5.92 Å². The Morgan fingerprint density at radius 3 is 2.90 bits per heavy atom. The van der Waals surface area contributed by atoms with Crippen LogP contribution >= 0.6 is 0 Å². The van der Waals surface area contributed by atoms with Gasteiger partial charge < -0.3 is 14.8 Å². The molecular formula is C15H24N4O. The number of rotatable bonds is 2. The van der Waals surface area contributed by atoms with Crippen LogP contribution < -0.4 is 0 Å². The zero-order chi connectivity index (χ0) is 14.1. The lowest BCUT2D eigenvalue weighted by molar-refractivity contribution is -0.137. The van der Waals surface area contributed by atoms with Gasteiger partial charge in [0.15, 0.2) is 0 Å². The van der Waals surface area contributed by atoms with Crippen LogP contribution in [-0.2, 0) is 17.6 Å². The number of nitrogens with one attached hydrogen (secondary N) is 1. The summed E-state index contributed by atoms with van der Waals surface area (Å²) in [4.78, 5) is 24.5. The number of nitrogens with zero attached hydrogens (tertiary/aromatic N) is 3. The zero-order valence-electron chi connectivity index (χ0n) is 12.4. The van der Waals surface area contributed by atoms with E-state index in [1.165, 1.54) is 0 Å². The Kier molecular flexibility index (Phi) is 3.78. The van der Waals surface area contributed by atoms with Crippen LogP contribution in [0.4, 0.5) is 0 Å². The van der Waals surface area contributed by atoms with Crippen LogP contribution in [0.1, 0.15) is 30.7 Å². The monoisotopic (exact) mass is 276 g/mol. The average molecular weight is 276 g/mol. The van der Waals surface area contributed by atoms with Crippen LogP contribution in [0.2, 0.25) is 0 Å². The topological polar surface area (TPSA) is 52.2 Å². The molecule has 1 aliphatic carbocycles. The standard InChI is InChI=1S/C15H24N4O/c1-18-7-5-12(6-8-18)19(2)15(20)11-3-4-13-14(9-11)17-10-16-13/h10-12H,3-9H2,1-2H3,(H,16,17). The van der Waals surface area contributed by atoms with Crippen LogP contribution in [0, 0.1) is 5.92 Å². The van der Waals surface area contributed by atoms with Crippen molar-refractivity contribution in [2.75, 3.05) is 27.2 Å². The van der Waals surface area contributed by atoms with Crippen molar-refractivity contribution in [1.29, 1.82) is 0 Å². The lowest BCUT2D eigenvalue weighted by Crippen LogP contribution is -2.47. The summed E-state index contributed by atoms with van der Waals surface area (Å²) in [5, 5.41) is 0. The van der Waals surface area contributed by atoms with Gasteiger partial charge in [0.25, 0.3) is 0 Å². The summed E-state index contributed by atoms with van der Waals surface area (Å²) in [5.41, 5.74) is 2.31. The zero-order valence-corrected chi connectivity index (χ0v) is 12.4. The van der Waals surface area contributed by atoms with Gasteiger partial charge in [0, 0.05) is 31.1 Å². The molecule has 1 saturated heterocycles. The Hall–Kier alpha value is -1.36. The summed E-state index contributed by atoms with van der Waals surface area (Å²) in [6.07, 6.45) is 6.63. The number of likely N-dealkylation sites (tertiary alicyclic amines) is 1. The van der Waals surface area contributed by atoms with Crippen molar-refractivity contribution in [3.05, 3.63) is 17.7 Å². The van der Waals surface area contributed by atoms with E-state index in [-0.39, 0.29) is 5.92 Å². The number of hydrogen-bond acceptors (Lipinski definition) is 3. The molecule has 0 radical (unpaired) electrons. The van der Waals surface area contributed by atoms with Crippen LogP contribution in [0.15, 0.2) is 6.33 Å². The number of aromatic amines is 1. The second-order valence-electron chi connectivity index (χ2n) is 6.25. The molecule has 1 aliphatic heterocycles. The molecule has 0 bridgehead atoms. The predicted molar refractivity (Wildman–Crippen MR) is 77.4 cm³/mol. The van der Waals surface area contributed by atoms with Gasteiger partial charge >= 0.3 is 0 Å². The number of carbonyl (C=O) groups is 1. The van der Waals surface area contributed by atoms with Crippen molar-refractivity contribution < 1.29 is 4.79 Å². The van der Waals surface area contributed by atoms with E-state index in [0.29, 0.717) is 11.9 Å². The highest BCUT2D eigenvalue weighted by atomic mass is 16.2. The number of imidazole rings is 1. The van der Waals surface area contributed by atoms with E-state index >= 15 is 0 Å². The normalized spacial score (nSPS) is 24.4. The molecule has 2 heterocycles. The number of H-pyrrole nitrogens is 1. The Labute approximate surface area is 120 Å². The van der Waals surface area contributed by atoms with E-state index in [1.807, 2.05) is 11.9 Å². The van der Waals surface area contributed by atoms with Crippen molar-refractivity contribution in [1.82, 2.24) is 19.8 Å². The first-order valence-electron chi connectivity index (χ1n) is 7.61. The third kappa shape index (κ3) is 2.59. The minimum Gasteiger partial charge on any atom is -0.348 e. The van der Waals surface area contributed by atoms with Gasteiger partial charge in [0.2, 0.25) is 5.91 Å². The number of fused-ring (bicyclic) bond motifs is 1. The molecule has 1 amide bonds. The Bertz CT molecular complexity index is 476. The summed E-state index contributed by atoms with van der Waals surface area (Å²) in [6, 6.07) is 0.418. The van der Waals surface area contributed by atoms with Gasteiger partial charge in [-0.15, -0.1) is 0 Å². The molecule has 1 aromatic heterocycles. The molecule has 5 heteroatoms. The van der Waals surface area contributed by atoms with Crippen molar-refractivity contribution in [3.63, 3.8) is 0 Å². The van der Waals surface area contributed by atoms with Crippen LogP contribution in [-0.4, -0.2) is 58.9 Å². The molecule has 5 nitrogen and oxygen atoms in total. The maximum Gasteiger partial charge on any atom is 0.226 e. The van der Waals surface area contributed by atoms with Gasteiger partial charge in [-0.2, -0.15) is 0 Å². The number of piperidine rings is 1. The molecule has 1 N–H and O–H groups in total. The fraction of sp³-hybridized carbons (Fsp3) is 0.733. The van der Waals surface area contributed by atoms with Gasteiger partial charge in [-0.05, 0) is 45.8 Å². The van der Waals surface area contributed by atoms with Gasteiger partial charge in [0.05, 0.1) is 12.0 Å². The third-order valence-corrected chi connectivity index (χ3v) is 4.92. The summed E-state index contributed by atoms with van der Waals surface area (Å²) < 4.78 is 0. The number of amides is 1. The largest absolute Gasteiger partial charge is 0.348 e. The SMILES string of the molecule is CN1CCC(N(C)C(=O)C2CCc3nc[nH]c3C2)CC1. The van der Waals surface area contributed by atoms with E-state index in [4.69, 9.17) is 0 Å².